The predicted molar refractivity (Wildman–Crippen MR) is 103 cm³/mol. The lowest BCUT2D eigenvalue weighted by Crippen LogP contribution is -2.19. The number of rotatable bonds is 5. The molecule has 0 aliphatic heterocycles. The highest BCUT2D eigenvalue weighted by Gasteiger charge is 2.19. The molecule has 0 atom stereocenters. The number of aromatic nitrogens is 1. The number of carboxylic acids is 1. The number of benzene rings is 2. The predicted octanol–water partition coefficient (Wildman–Crippen LogP) is 3.43. The molecule has 2 aromatic carbocycles. The maximum absolute atomic E-state index is 12.8. The number of pyridine rings is 1. The maximum Gasteiger partial charge on any atom is 0.335 e. The van der Waals surface area contributed by atoms with Gasteiger partial charge in [0.2, 0.25) is 0 Å². The lowest BCUT2D eigenvalue weighted by Gasteiger charge is -2.16. The SMILES string of the molecule is COc1ccc(-c2c(OC)c(-c3ccc(C(=O)O)cc3)cn(C)c2=O)cc1. The fourth-order valence-corrected chi connectivity index (χ4v) is 2.94. The Kier molecular flexibility index (Phi) is 4.98. The zero-order valence-electron chi connectivity index (χ0n) is 15.2. The summed E-state index contributed by atoms with van der Waals surface area (Å²) in [5.74, 6) is 0.134. The van der Waals surface area contributed by atoms with Gasteiger partial charge in [-0.15, -0.1) is 0 Å². The lowest BCUT2D eigenvalue weighted by molar-refractivity contribution is 0.0697. The van der Waals surface area contributed by atoms with Gasteiger partial charge >= 0.3 is 5.97 Å². The van der Waals surface area contributed by atoms with Crippen LogP contribution < -0.4 is 15.0 Å². The number of aromatic carboxylic acids is 1. The molecule has 1 aromatic heterocycles. The van der Waals surface area contributed by atoms with Gasteiger partial charge in [0.15, 0.2) is 0 Å². The van der Waals surface area contributed by atoms with Crippen molar-refractivity contribution in [1.82, 2.24) is 4.57 Å². The van der Waals surface area contributed by atoms with E-state index in [1.807, 2.05) is 0 Å². The molecule has 0 spiro atoms. The smallest absolute Gasteiger partial charge is 0.335 e. The van der Waals surface area contributed by atoms with Gasteiger partial charge in [-0.05, 0) is 35.4 Å². The van der Waals surface area contributed by atoms with E-state index < -0.39 is 5.97 Å². The molecule has 0 amide bonds. The first-order valence-corrected chi connectivity index (χ1v) is 8.22. The number of hydrogen-bond donors (Lipinski definition) is 1. The maximum atomic E-state index is 12.8. The minimum absolute atomic E-state index is 0.192. The fraction of sp³-hybridized carbons (Fsp3) is 0.143. The van der Waals surface area contributed by atoms with Crippen molar-refractivity contribution in [3.05, 3.63) is 70.6 Å². The van der Waals surface area contributed by atoms with Crippen molar-refractivity contribution < 1.29 is 19.4 Å². The van der Waals surface area contributed by atoms with Crippen LogP contribution in [0.1, 0.15) is 10.4 Å². The zero-order valence-corrected chi connectivity index (χ0v) is 15.2. The van der Waals surface area contributed by atoms with Crippen LogP contribution >= 0.6 is 0 Å². The molecule has 0 bridgehead atoms. The molecule has 1 N–H and O–H groups in total. The van der Waals surface area contributed by atoms with E-state index in [1.165, 1.54) is 23.8 Å². The number of methoxy groups -OCH3 is 2. The largest absolute Gasteiger partial charge is 0.497 e. The molecule has 3 aromatic rings. The third-order valence-corrected chi connectivity index (χ3v) is 4.35. The summed E-state index contributed by atoms with van der Waals surface area (Å²) in [6.07, 6.45) is 1.68. The molecule has 3 rings (SSSR count). The van der Waals surface area contributed by atoms with Gasteiger partial charge in [0.05, 0.1) is 25.3 Å². The first-order chi connectivity index (χ1) is 13.0. The number of hydrogen-bond acceptors (Lipinski definition) is 4. The van der Waals surface area contributed by atoms with Crippen molar-refractivity contribution in [3.63, 3.8) is 0 Å². The highest BCUT2D eigenvalue weighted by atomic mass is 16.5. The van der Waals surface area contributed by atoms with E-state index in [0.29, 0.717) is 28.2 Å². The molecule has 27 heavy (non-hydrogen) atoms. The van der Waals surface area contributed by atoms with Gasteiger partial charge in [0.1, 0.15) is 11.5 Å². The Morgan fingerprint density at radius 1 is 0.926 bits per heavy atom. The van der Waals surface area contributed by atoms with Crippen LogP contribution in [0.15, 0.2) is 59.5 Å². The molecular formula is C21H19NO5. The standard InChI is InChI=1S/C21H19NO5/c1-22-12-17(13-4-6-15(7-5-13)21(24)25)19(27-3)18(20(22)23)14-8-10-16(26-2)11-9-14/h4-12H,1-3H3,(H,24,25). The summed E-state index contributed by atoms with van der Waals surface area (Å²) in [7, 11) is 4.76. The van der Waals surface area contributed by atoms with Gasteiger partial charge in [0.25, 0.3) is 5.56 Å². The molecule has 6 nitrogen and oxygen atoms in total. The number of aryl methyl sites for hydroxylation is 1. The van der Waals surface area contributed by atoms with Crippen LogP contribution in [0.2, 0.25) is 0 Å². The van der Waals surface area contributed by atoms with Crippen LogP contribution in [0.25, 0.3) is 22.3 Å². The summed E-state index contributed by atoms with van der Waals surface area (Å²) in [6, 6.07) is 13.6. The second-order valence-electron chi connectivity index (χ2n) is 5.98. The highest BCUT2D eigenvalue weighted by molar-refractivity contribution is 5.89. The average Bonchev–Trinajstić information content (AvgIpc) is 2.69. The van der Waals surface area contributed by atoms with Crippen LogP contribution in [-0.4, -0.2) is 29.9 Å². The first-order valence-electron chi connectivity index (χ1n) is 8.22. The van der Waals surface area contributed by atoms with Gasteiger partial charge in [-0.1, -0.05) is 24.3 Å². The molecule has 0 aliphatic rings. The Morgan fingerprint density at radius 2 is 1.52 bits per heavy atom. The second-order valence-corrected chi connectivity index (χ2v) is 5.98. The van der Waals surface area contributed by atoms with Crippen molar-refractivity contribution in [2.75, 3.05) is 14.2 Å². The van der Waals surface area contributed by atoms with Gasteiger partial charge in [0, 0.05) is 18.8 Å². The molecule has 0 saturated heterocycles. The van der Waals surface area contributed by atoms with E-state index in [1.54, 1.807) is 56.8 Å². The minimum atomic E-state index is -0.993. The fourth-order valence-electron chi connectivity index (χ4n) is 2.94. The topological polar surface area (TPSA) is 77.8 Å². The van der Waals surface area contributed by atoms with E-state index in [9.17, 15) is 9.59 Å². The summed E-state index contributed by atoms with van der Waals surface area (Å²) >= 11 is 0. The minimum Gasteiger partial charge on any atom is -0.497 e. The van der Waals surface area contributed by atoms with Gasteiger partial charge < -0.3 is 19.1 Å². The normalized spacial score (nSPS) is 10.5. The third-order valence-electron chi connectivity index (χ3n) is 4.35. The van der Waals surface area contributed by atoms with Crippen LogP contribution in [-0.2, 0) is 7.05 Å². The Hall–Kier alpha value is -3.54. The Morgan fingerprint density at radius 3 is 2.04 bits per heavy atom. The summed E-state index contributed by atoms with van der Waals surface area (Å²) in [5.41, 5.74) is 2.59. The molecule has 0 aliphatic carbocycles. The summed E-state index contributed by atoms with van der Waals surface area (Å²) < 4.78 is 12.3. The van der Waals surface area contributed by atoms with Gasteiger partial charge in [-0.25, -0.2) is 4.79 Å². The molecule has 1 heterocycles. The van der Waals surface area contributed by atoms with E-state index in [4.69, 9.17) is 14.6 Å². The quantitative estimate of drug-likeness (QED) is 0.749. The monoisotopic (exact) mass is 365 g/mol. The van der Waals surface area contributed by atoms with E-state index in [0.717, 1.165) is 5.56 Å². The molecule has 6 heteroatoms. The van der Waals surface area contributed by atoms with E-state index in [-0.39, 0.29) is 11.1 Å². The average molecular weight is 365 g/mol. The molecule has 138 valence electrons. The van der Waals surface area contributed by atoms with Crippen molar-refractivity contribution in [2.24, 2.45) is 7.05 Å². The zero-order chi connectivity index (χ0) is 19.6. The number of ether oxygens (including phenoxy) is 2. The Labute approximate surface area is 156 Å². The Balaban J connectivity index is 2.22. The second kappa shape index (κ2) is 7.37. The van der Waals surface area contributed by atoms with Crippen molar-refractivity contribution in [3.8, 4) is 33.8 Å². The highest BCUT2D eigenvalue weighted by Crippen LogP contribution is 2.37. The number of carbonyl (C=O) groups is 1. The van der Waals surface area contributed by atoms with Crippen molar-refractivity contribution >= 4 is 5.97 Å². The lowest BCUT2D eigenvalue weighted by atomic mass is 9.98. The van der Waals surface area contributed by atoms with Crippen LogP contribution in [0.5, 0.6) is 11.5 Å². The molecule has 0 radical (unpaired) electrons. The van der Waals surface area contributed by atoms with Gasteiger partial charge in [-0.2, -0.15) is 0 Å². The van der Waals surface area contributed by atoms with Crippen LogP contribution in [0.4, 0.5) is 0 Å². The first kappa shape index (κ1) is 18.3. The third kappa shape index (κ3) is 3.42. The molecule has 0 saturated carbocycles. The number of carboxylic acid groups (broad SMARTS) is 1. The number of nitrogens with zero attached hydrogens (tertiary/aromatic N) is 1. The van der Waals surface area contributed by atoms with E-state index >= 15 is 0 Å². The molecular weight excluding hydrogens is 346 g/mol. The summed E-state index contributed by atoms with van der Waals surface area (Å²) in [6.45, 7) is 0. The molecule has 0 unspecified atom stereocenters. The van der Waals surface area contributed by atoms with Crippen molar-refractivity contribution in [2.45, 2.75) is 0 Å². The van der Waals surface area contributed by atoms with Crippen LogP contribution in [0.3, 0.4) is 0 Å². The van der Waals surface area contributed by atoms with Gasteiger partial charge in [-0.3, -0.25) is 4.79 Å². The Bertz CT molecular complexity index is 1030. The summed E-state index contributed by atoms with van der Waals surface area (Å²) in [5, 5.41) is 9.08. The van der Waals surface area contributed by atoms with E-state index in [2.05, 4.69) is 0 Å². The van der Waals surface area contributed by atoms with Crippen molar-refractivity contribution in [1.29, 1.82) is 0 Å². The summed E-state index contributed by atoms with van der Waals surface area (Å²) in [4.78, 5) is 23.9. The van der Waals surface area contributed by atoms with Crippen LogP contribution in [0, 0.1) is 0 Å². The molecule has 0 fully saturated rings.